The smallest absolute Gasteiger partial charge is 0.0956 e. The molecule has 2 aromatic rings. The molecule has 154 valence electrons. The lowest BCUT2D eigenvalue weighted by molar-refractivity contribution is -0.0535. The van der Waals surface area contributed by atoms with E-state index >= 15 is 0 Å². The number of aliphatic hydroxyl groups is 2. The van der Waals surface area contributed by atoms with E-state index in [0.717, 1.165) is 22.5 Å². The van der Waals surface area contributed by atoms with Crippen molar-refractivity contribution < 1.29 is 10.2 Å². The van der Waals surface area contributed by atoms with E-state index in [1.807, 2.05) is 79.7 Å². The third-order valence-corrected chi connectivity index (χ3v) is 6.24. The second-order valence-corrected chi connectivity index (χ2v) is 9.13. The second kappa shape index (κ2) is 8.30. The molecule has 0 aliphatic heterocycles. The highest BCUT2D eigenvalue weighted by Gasteiger charge is 2.38. The SMILES string of the molecule is CC(C)C(O)(c1ccc(-c2ccc(C(O)(C(C)C)C(C)C)cn2)nc1)C(C)C. The van der Waals surface area contributed by atoms with Gasteiger partial charge in [0.15, 0.2) is 0 Å². The van der Waals surface area contributed by atoms with Gasteiger partial charge in [-0.15, -0.1) is 0 Å². The van der Waals surface area contributed by atoms with Crippen LogP contribution in [0.1, 0.15) is 66.5 Å². The first-order valence-corrected chi connectivity index (χ1v) is 10.3. The highest BCUT2D eigenvalue weighted by atomic mass is 16.3. The van der Waals surface area contributed by atoms with Gasteiger partial charge in [0.05, 0.1) is 22.6 Å². The molecule has 2 aromatic heterocycles. The van der Waals surface area contributed by atoms with Crippen LogP contribution in [0.5, 0.6) is 0 Å². The van der Waals surface area contributed by atoms with Gasteiger partial charge in [0, 0.05) is 23.5 Å². The molecular formula is C24H36N2O2. The quantitative estimate of drug-likeness (QED) is 0.693. The molecule has 0 bridgehead atoms. The van der Waals surface area contributed by atoms with Gasteiger partial charge in [-0.1, -0.05) is 67.5 Å². The van der Waals surface area contributed by atoms with Crippen molar-refractivity contribution in [3.63, 3.8) is 0 Å². The molecule has 0 saturated heterocycles. The minimum Gasteiger partial charge on any atom is -0.385 e. The summed E-state index contributed by atoms with van der Waals surface area (Å²) in [5, 5.41) is 22.3. The Balaban J connectivity index is 2.35. The van der Waals surface area contributed by atoms with E-state index in [0.29, 0.717) is 0 Å². The lowest BCUT2D eigenvalue weighted by Crippen LogP contribution is -2.37. The van der Waals surface area contributed by atoms with E-state index in [2.05, 4.69) is 9.97 Å². The number of rotatable bonds is 7. The summed E-state index contributed by atoms with van der Waals surface area (Å²) in [6.45, 7) is 16.2. The minimum atomic E-state index is -0.909. The van der Waals surface area contributed by atoms with Gasteiger partial charge in [-0.05, 0) is 35.8 Å². The first-order chi connectivity index (χ1) is 13.0. The molecule has 0 saturated carbocycles. The normalized spacial score (nSPS) is 13.2. The maximum Gasteiger partial charge on any atom is 0.0956 e. The van der Waals surface area contributed by atoms with Crippen molar-refractivity contribution in [3.8, 4) is 11.4 Å². The van der Waals surface area contributed by atoms with E-state index in [9.17, 15) is 10.2 Å². The van der Waals surface area contributed by atoms with Gasteiger partial charge < -0.3 is 10.2 Å². The van der Waals surface area contributed by atoms with Gasteiger partial charge in [0.1, 0.15) is 0 Å². The van der Waals surface area contributed by atoms with E-state index in [-0.39, 0.29) is 23.7 Å². The lowest BCUT2D eigenvalue weighted by Gasteiger charge is -2.36. The second-order valence-electron chi connectivity index (χ2n) is 9.13. The van der Waals surface area contributed by atoms with Crippen molar-refractivity contribution in [1.82, 2.24) is 9.97 Å². The molecule has 0 aromatic carbocycles. The molecule has 0 aliphatic carbocycles. The van der Waals surface area contributed by atoms with Crippen LogP contribution in [0, 0.1) is 23.7 Å². The van der Waals surface area contributed by atoms with Crippen molar-refractivity contribution in [3.05, 3.63) is 47.8 Å². The molecular weight excluding hydrogens is 348 g/mol. The lowest BCUT2D eigenvalue weighted by atomic mass is 9.75. The molecule has 2 N–H and O–H groups in total. The zero-order chi connectivity index (χ0) is 21.3. The van der Waals surface area contributed by atoms with Gasteiger partial charge in [0.2, 0.25) is 0 Å². The summed E-state index contributed by atoms with van der Waals surface area (Å²) in [6, 6.07) is 7.70. The van der Waals surface area contributed by atoms with Crippen molar-refractivity contribution in [2.24, 2.45) is 23.7 Å². The molecule has 4 nitrogen and oxygen atoms in total. The summed E-state index contributed by atoms with van der Waals surface area (Å²) >= 11 is 0. The summed E-state index contributed by atoms with van der Waals surface area (Å²) in [5.74, 6) is 0.342. The van der Waals surface area contributed by atoms with Crippen LogP contribution in [0.4, 0.5) is 0 Å². The fourth-order valence-electron chi connectivity index (χ4n) is 4.23. The van der Waals surface area contributed by atoms with Crippen LogP contribution in [0.25, 0.3) is 11.4 Å². The maximum atomic E-state index is 11.1. The summed E-state index contributed by atoms with van der Waals surface area (Å²) in [4.78, 5) is 9.11. The van der Waals surface area contributed by atoms with Crippen LogP contribution < -0.4 is 0 Å². The molecule has 28 heavy (non-hydrogen) atoms. The summed E-state index contributed by atoms with van der Waals surface area (Å²) < 4.78 is 0. The Bertz CT molecular complexity index is 679. The third kappa shape index (κ3) is 3.85. The molecule has 0 unspecified atom stereocenters. The van der Waals surface area contributed by atoms with Crippen LogP contribution in [-0.2, 0) is 11.2 Å². The maximum absolute atomic E-state index is 11.1. The average Bonchev–Trinajstić information content (AvgIpc) is 2.66. The Labute approximate surface area is 170 Å². The average molecular weight is 385 g/mol. The Kier molecular flexibility index (Phi) is 6.67. The monoisotopic (exact) mass is 384 g/mol. The Morgan fingerprint density at radius 1 is 0.571 bits per heavy atom. The van der Waals surface area contributed by atoms with Crippen LogP contribution in [0.3, 0.4) is 0 Å². The molecule has 2 rings (SSSR count). The van der Waals surface area contributed by atoms with Gasteiger partial charge in [-0.3, -0.25) is 9.97 Å². The van der Waals surface area contributed by atoms with Crippen LogP contribution >= 0.6 is 0 Å². The molecule has 0 spiro atoms. The Hall–Kier alpha value is -1.78. The van der Waals surface area contributed by atoms with E-state index in [1.54, 1.807) is 12.4 Å². The number of hydrogen-bond donors (Lipinski definition) is 2. The van der Waals surface area contributed by atoms with Crippen molar-refractivity contribution >= 4 is 0 Å². The third-order valence-electron chi connectivity index (χ3n) is 6.24. The van der Waals surface area contributed by atoms with Crippen LogP contribution in [0.15, 0.2) is 36.7 Å². The standard InChI is InChI=1S/C24H36N2O2/c1-15(2)23(27,16(3)4)19-9-11-21(25-13-19)22-12-10-20(14-26-22)24(28,17(5)6)18(7)8/h9-18,27-28H,1-8H3. The number of pyridine rings is 2. The van der Waals surface area contributed by atoms with Crippen molar-refractivity contribution in [2.75, 3.05) is 0 Å². The van der Waals surface area contributed by atoms with Gasteiger partial charge in [0.25, 0.3) is 0 Å². The van der Waals surface area contributed by atoms with Gasteiger partial charge in [-0.2, -0.15) is 0 Å². The summed E-state index contributed by atoms with van der Waals surface area (Å²) in [5.41, 5.74) is 1.34. The molecule has 0 radical (unpaired) electrons. The Morgan fingerprint density at radius 3 is 1.04 bits per heavy atom. The molecule has 2 heterocycles. The molecule has 4 heteroatoms. The molecule has 0 fully saturated rings. The zero-order valence-electron chi connectivity index (χ0n) is 18.6. The minimum absolute atomic E-state index is 0.0855. The largest absolute Gasteiger partial charge is 0.385 e. The fraction of sp³-hybridized carbons (Fsp3) is 0.583. The molecule has 0 atom stereocenters. The van der Waals surface area contributed by atoms with E-state index < -0.39 is 11.2 Å². The fourth-order valence-corrected chi connectivity index (χ4v) is 4.23. The van der Waals surface area contributed by atoms with Crippen LogP contribution in [-0.4, -0.2) is 20.2 Å². The molecule has 0 aliphatic rings. The first-order valence-electron chi connectivity index (χ1n) is 10.3. The number of hydrogen-bond acceptors (Lipinski definition) is 4. The van der Waals surface area contributed by atoms with Crippen LogP contribution in [0.2, 0.25) is 0 Å². The zero-order valence-corrected chi connectivity index (χ0v) is 18.6. The topological polar surface area (TPSA) is 66.2 Å². The Morgan fingerprint density at radius 2 is 0.857 bits per heavy atom. The van der Waals surface area contributed by atoms with Crippen molar-refractivity contribution in [2.45, 2.75) is 66.6 Å². The summed E-state index contributed by atoms with van der Waals surface area (Å²) in [7, 11) is 0. The molecule has 0 amide bonds. The highest BCUT2D eigenvalue weighted by molar-refractivity contribution is 5.54. The van der Waals surface area contributed by atoms with E-state index in [1.165, 1.54) is 0 Å². The predicted molar refractivity (Wildman–Crippen MR) is 115 cm³/mol. The number of aromatic nitrogens is 2. The number of nitrogens with zero attached hydrogens (tertiary/aromatic N) is 2. The highest BCUT2D eigenvalue weighted by Crippen LogP contribution is 2.38. The predicted octanol–water partition coefficient (Wildman–Crippen LogP) is 5.14. The van der Waals surface area contributed by atoms with Gasteiger partial charge >= 0.3 is 0 Å². The summed E-state index contributed by atoms with van der Waals surface area (Å²) in [6.07, 6.45) is 3.51. The van der Waals surface area contributed by atoms with Gasteiger partial charge in [-0.25, -0.2) is 0 Å². The van der Waals surface area contributed by atoms with E-state index in [4.69, 9.17) is 0 Å². The first kappa shape index (κ1) is 22.5. The van der Waals surface area contributed by atoms with Crippen molar-refractivity contribution in [1.29, 1.82) is 0 Å².